The lowest BCUT2D eigenvalue weighted by molar-refractivity contribution is -0.121. The molecule has 1 aromatic rings. The third kappa shape index (κ3) is 5.29. The number of sulfonamides is 1. The second-order valence-electron chi connectivity index (χ2n) is 5.96. The van der Waals surface area contributed by atoms with Crippen molar-refractivity contribution in [3.05, 3.63) is 29.8 Å². The number of hydrogen-bond donors (Lipinski definition) is 2. The van der Waals surface area contributed by atoms with Gasteiger partial charge in [0.25, 0.3) is 0 Å². The summed E-state index contributed by atoms with van der Waals surface area (Å²) in [7, 11) is -3.36. The van der Waals surface area contributed by atoms with Gasteiger partial charge in [-0.05, 0) is 43.5 Å². The molecule has 1 aliphatic rings. The van der Waals surface area contributed by atoms with Crippen LogP contribution in [0.1, 0.15) is 31.7 Å². The topological polar surface area (TPSA) is 78.5 Å². The van der Waals surface area contributed by atoms with Crippen LogP contribution in [-0.2, 0) is 21.2 Å². The van der Waals surface area contributed by atoms with Crippen molar-refractivity contribution in [3.8, 4) is 0 Å². The van der Waals surface area contributed by atoms with Gasteiger partial charge in [0, 0.05) is 32.6 Å². The maximum Gasteiger partial charge on any atom is 0.243 e. The van der Waals surface area contributed by atoms with Gasteiger partial charge >= 0.3 is 0 Å². The van der Waals surface area contributed by atoms with Gasteiger partial charge in [0.1, 0.15) is 0 Å². The predicted molar refractivity (Wildman–Crippen MR) is 94.3 cm³/mol. The summed E-state index contributed by atoms with van der Waals surface area (Å²) in [6.45, 7) is 5.53. The Morgan fingerprint density at radius 3 is 2.42 bits per heavy atom. The number of benzene rings is 1. The van der Waals surface area contributed by atoms with Crippen LogP contribution in [0, 0.1) is 0 Å². The molecule has 7 heteroatoms. The fourth-order valence-corrected chi connectivity index (χ4v) is 4.24. The summed E-state index contributed by atoms with van der Waals surface area (Å²) in [5.41, 5.74) is 0.970. The first-order valence-corrected chi connectivity index (χ1v) is 10.0. The molecule has 1 heterocycles. The van der Waals surface area contributed by atoms with E-state index < -0.39 is 10.0 Å². The van der Waals surface area contributed by atoms with Crippen molar-refractivity contribution in [2.75, 3.05) is 32.7 Å². The number of carbonyl (C=O) groups excluding carboxylic acids is 1. The van der Waals surface area contributed by atoms with Gasteiger partial charge in [0.2, 0.25) is 15.9 Å². The third-order valence-electron chi connectivity index (χ3n) is 4.14. The maximum atomic E-state index is 12.4. The van der Waals surface area contributed by atoms with E-state index in [1.807, 2.05) is 6.92 Å². The number of amides is 1. The summed E-state index contributed by atoms with van der Waals surface area (Å²) in [6, 6.07) is 6.89. The number of nitrogens with zero attached hydrogens (tertiary/aromatic N) is 1. The smallest absolute Gasteiger partial charge is 0.243 e. The molecule has 1 aromatic carbocycles. The standard InChI is InChI=1S/C17H27N3O3S/c1-2-18-11-12-19-17(21)10-7-15-5-8-16(9-6-15)24(22,23)20-13-3-4-14-20/h5-6,8-9,18H,2-4,7,10-14H2,1H3,(H,19,21). The van der Waals surface area contributed by atoms with Crippen LogP contribution in [0.15, 0.2) is 29.2 Å². The van der Waals surface area contributed by atoms with Gasteiger partial charge in [0.05, 0.1) is 4.90 Å². The van der Waals surface area contributed by atoms with Crippen LogP contribution >= 0.6 is 0 Å². The molecule has 1 fully saturated rings. The van der Waals surface area contributed by atoms with Gasteiger partial charge in [-0.3, -0.25) is 4.79 Å². The first-order chi connectivity index (χ1) is 11.5. The average Bonchev–Trinajstić information content (AvgIpc) is 3.13. The van der Waals surface area contributed by atoms with Crippen LogP contribution in [0.2, 0.25) is 0 Å². The van der Waals surface area contributed by atoms with E-state index in [-0.39, 0.29) is 5.91 Å². The predicted octanol–water partition coefficient (Wildman–Crippen LogP) is 1.13. The number of nitrogens with one attached hydrogen (secondary N) is 2. The van der Waals surface area contributed by atoms with Crippen molar-refractivity contribution in [3.63, 3.8) is 0 Å². The zero-order valence-corrected chi connectivity index (χ0v) is 15.1. The van der Waals surface area contributed by atoms with E-state index in [9.17, 15) is 13.2 Å². The van der Waals surface area contributed by atoms with E-state index in [1.165, 1.54) is 0 Å². The molecule has 0 atom stereocenters. The van der Waals surface area contributed by atoms with Crippen molar-refractivity contribution in [2.24, 2.45) is 0 Å². The minimum Gasteiger partial charge on any atom is -0.355 e. The first kappa shape index (κ1) is 18.9. The molecule has 6 nitrogen and oxygen atoms in total. The van der Waals surface area contributed by atoms with Gasteiger partial charge < -0.3 is 10.6 Å². The van der Waals surface area contributed by atoms with Crippen molar-refractivity contribution in [1.29, 1.82) is 0 Å². The molecule has 2 rings (SSSR count). The van der Waals surface area contributed by atoms with Gasteiger partial charge in [-0.25, -0.2) is 8.42 Å². The molecular formula is C17H27N3O3S. The fourth-order valence-electron chi connectivity index (χ4n) is 2.72. The maximum absolute atomic E-state index is 12.4. The van der Waals surface area contributed by atoms with Gasteiger partial charge in [-0.15, -0.1) is 0 Å². The SMILES string of the molecule is CCNCCNC(=O)CCc1ccc(S(=O)(=O)N2CCCC2)cc1. The number of rotatable bonds is 9. The van der Waals surface area contributed by atoms with Crippen LogP contribution in [0.4, 0.5) is 0 Å². The van der Waals surface area contributed by atoms with Crippen LogP contribution in [0.5, 0.6) is 0 Å². The molecule has 0 aliphatic carbocycles. The summed E-state index contributed by atoms with van der Waals surface area (Å²) >= 11 is 0. The minimum atomic E-state index is -3.36. The van der Waals surface area contributed by atoms with Gasteiger partial charge in [0.15, 0.2) is 0 Å². The Morgan fingerprint density at radius 1 is 1.12 bits per heavy atom. The molecular weight excluding hydrogens is 326 g/mol. The highest BCUT2D eigenvalue weighted by Crippen LogP contribution is 2.21. The second kappa shape index (κ2) is 9.15. The Hall–Kier alpha value is -1.44. The Kier molecular flexibility index (Phi) is 7.20. The molecule has 0 unspecified atom stereocenters. The molecule has 1 amide bonds. The molecule has 0 radical (unpaired) electrons. The highest BCUT2D eigenvalue weighted by atomic mass is 32.2. The lowest BCUT2D eigenvalue weighted by Gasteiger charge is -2.15. The largest absolute Gasteiger partial charge is 0.355 e. The Morgan fingerprint density at radius 2 is 1.79 bits per heavy atom. The molecule has 1 saturated heterocycles. The summed E-state index contributed by atoms with van der Waals surface area (Å²) < 4.78 is 26.4. The van der Waals surface area contributed by atoms with Crippen molar-refractivity contribution in [1.82, 2.24) is 14.9 Å². The van der Waals surface area contributed by atoms with E-state index in [0.717, 1.165) is 31.5 Å². The van der Waals surface area contributed by atoms with E-state index in [2.05, 4.69) is 10.6 Å². The molecule has 24 heavy (non-hydrogen) atoms. The molecule has 2 N–H and O–H groups in total. The van der Waals surface area contributed by atoms with E-state index in [1.54, 1.807) is 28.6 Å². The lowest BCUT2D eigenvalue weighted by Crippen LogP contribution is -2.31. The average molecular weight is 353 g/mol. The van der Waals surface area contributed by atoms with E-state index >= 15 is 0 Å². The summed E-state index contributed by atoms with van der Waals surface area (Å²) in [5.74, 6) is 0.0154. The zero-order chi connectivity index (χ0) is 17.4. The number of likely N-dealkylation sites (N-methyl/N-ethyl adjacent to an activating group) is 1. The number of aryl methyl sites for hydroxylation is 1. The minimum absolute atomic E-state index is 0.0154. The highest BCUT2D eigenvalue weighted by molar-refractivity contribution is 7.89. The molecule has 134 valence electrons. The monoisotopic (exact) mass is 353 g/mol. The summed E-state index contributed by atoms with van der Waals surface area (Å²) in [4.78, 5) is 12.1. The third-order valence-corrected chi connectivity index (χ3v) is 6.05. The number of hydrogen-bond acceptors (Lipinski definition) is 4. The molecule has 0 spiro atoms. The van der Waals surface area contributed by atoms with Crippen molar-refractivity contribution < 1.29 is 13.2 Å². The second-order valence-corrected chi connectivity index (χ2v) is 7.90. The Labute approximate surface area is 144 Å². The molecule has 0 aromatic heterocycles. The number of carbonyl (C=O) groups is 1. The quantitative estimate of drug-likeness (QED) is 0.653. The highest BCUT2D eigenvalue weighted by Gasteiger charge is 2.26. The van der Waals surface area contributed by atoms with Crippen molar-refractivity contribution in [2.45, 2.75) is 37.5 Å². The van der Waals surface area contributed by atoms with Crippen LogP contribution < -0.4 is 10.6 Å². The van der Waals surface area contributed by atoms with Gasteiger partial charge in [-0.2, -0.15) is 4.31 Å². The lowest BCUT2D eigenvalue weighted by atomic mass is 10.1. The summed E-state index contributed by atoms with van der Waals surface area (Å²) in [5, 5.41) is 6.00. The first-order valence-electron chi connectivity index (χ1n) is 8.60. The Balaban J connectivity index is 1.82. The van der Waals surface area contributed by atoms with Crippen LogP contribution in [0.3, 0.4) is 0 Å². The van der Waals surface area contributed by atoms with E-state index in [4.69, 9.17) is 0 Å². The fraction of sp³-hybridized carbons (Fsp3) is 0.588. The molecule has 0 saturated carbocycles. The van der Waals surface area contributed by atoms with Crippen molar-refractivity contribution >= 4 is 15.9 Å². The van der Waals surface area contributed by atoms with Gasteiger partial charge in [-0.1, -0.05) is 19.1 Å². The zero-order valence-electron chi connectivity index (χ0n) is 14.3. The normalized spacial score (nSPS) is 15.5. The van der Waals surface area contributed by atoms with Crippen LogP contribution in [0.25, 0.3) is 0 Å². The molecule has 1 aliphatic heterocycles. The summed E-state index contributed by atoms with van der Waals surface area (Å²) in [6.07, 6.45) is 2.88. The molecule has 0 bridgehead atoms. The van der Waals surface area contributed by atoms with Crippen LogP contribution in [-0.4, -0.2) is 51.4 Å². The Bertz CT molecular complexity index is 623. The van der Waals surface area contributed by atoms with E-state index in [0.29, 0.717) is 37.4 Å².